The number of aliphatic hydroxyl groups is 1. The summed E-state index contributed by atoms with van der Waals surface area (Å²) in [6.07, 6.45) is 0. The predicted octanol–water partition coefficient (Wildman–Crippen LogP) is 0.745. The zero-order chi connectivity index (χ0) is 14.3. The molecule has 2 rings (SSSR count). The number of hydrogen-bond donors (Lipinski definition) is 1. The summed E-state index contributed by atoms with van der Waals surface area (Å²) < 4.78 is 11.7. The van der Waals surface area contributed by atoms with Crippen molar-refractivity contribution >= 4 is 12.7 Å². The van der Waals surface area contributed by atoms with Crippen LogP contribution >= 0.6 is 0 Å². The highest BCUT2D eigenvalue weighted by Crippen LogP contribution is 2.36. The van der Waals surface area contributed by atoms with E-state index in [4.69, 9.17) is 14.6 Å². The molecule has 0 radical (unpaired) electrons. The van der Waals surface area contributed by atoms with Crippen LogP contribution in [-0.2, 0) is 15.9 Å². The van der Waals surface area contributed by atoms with Crippen LogP contribution in [-0.4, -0.2) is 28.4 Å². The summed E-state index contributed by atoms with van der Waals surface area (Å²) in [6, 6.07) is 5.31. The lowest BCUT2D eigenvalue weighted by Gasteiger charge is -2.32. The second-order valence-corrected chi connectivity index (χ2v) is 5.59. The summed E-state index contributed by atoms with van der Waals surface area (Å²) in [5.41, 5.74) is 0.401. The van der Waals surface area contributed by atoms with Crippen LogP contribution in [0.2, 0.25) is 0 Å². The van der Waals surface area contributed by atoms with Crippen molar-refractivity contribution in [2.45, 2.75) is 45.5 Å². The lowest BCUT2D eigenvalue weighted by Crippen LogP contribution is -2.41. The SMILES string of the molecule is CC1(C)OB(c2ccc(C#N)c(CO)n2)OC1(C)C. The Kier molecular flexibility index (Phi) is 3.39. The van der Waals surface area contributed by atoms with Gasteiger partial charge in [0.05, 0.1) is 34.7 Å². The van der Waals surface area contributed by atoms with Gasteiger partial charge in [0.15, 0.2) is 0 Å². The van der Waals surface area contributed by atoms with E-state index in [-0.39, 0.29) is 6.61 Å². The number of pyridine rings is 1. The molecule has 0 aliphatic carbocycles. The first-order valence-electron chi connectivity index (χ1n) is 6.17. The Morgan fingerprint density at radius 2 is 1.84 bits per heavy atom. The van der Waals surface area contributed by atoms with Crippen LogP contribution in [0.4, 0.5) is 0 Å². The summed E-state index contributed by atoms with van der Waals surface area (Å²) in [5, 5.41) is 18.1. The zero-order valence-electron chi connectivity index (χ0n) is 11.6. The minimum Gasteiger partial charge on any atom is -0.398 e. The summed E-state index contributed by atoms with van der Waals surface area (Å²) in [7, 11) is -0.581. The Labute approximate surface area is 113 Å². The zero-order valence-corrected chi connectivity index (χ0v) is 11.6. The summed E-state index contributed by atoms with van der Waals surface area (Å²) in [4.78, 5) is 4.25. The Hall–Kier alpha value is -1.42. The van der Waals surface area contributed by atoms with Gasteiger partial charge in [0.2, 0.25) is 0 Å². The average Bonchev–Trinajstić information content (AvgIpc) is 2.57. The monoisotopic (exact) mass is 260 g/mol. The molecular weight excluding hydrogens is 243 g/mol. The van der Waals surface area contributed by atoms with Crippen molar-refractivity contribution in [2.75, 3.05) is 0 Å². The lowest BCUT2D eigenvalue weighted by atomic mass is 9.83. The Morgan fingerprint density at radius 1 is 1.26 bits per heavy atom. The van der Waals surface area contributed by atoms with Gasteiger partial charge in [-0.15, -0.1) is 0 Å². The quantitative estimate of drug-likeness (QED) is 0.794. The van der Waals surface area contributed by atoms with Gasteiger partial charge in [0, 0.05) is 0 Å². The first-order chi connectivity index (χ1) is 8.80. The molecule has 0 unspecified atom stereocenters. The van der Waals surface area contributed by atoms with Crippen molar-refractivity contribution in [2.24, 2.45) is 0 Å². The summed E-state index contributed by atoms with van der Waals surface area (Å²) in [5.74, 6) is 0. The van der Waals surface area contributed by atoms with Gasteiger partial charge in [0.25, 0.3) is 0 Å². The third-order valence-electron chi connectivity index (χ3n) is 3.76. The fraction of sp³-hybridized carbons (Fsp3) is 0.538. The smallest absolute Gasteiger partial charge is 0.398 e. The van der Waals surface area contributed by atoms with E-state index in [9.17, 15) is 5.11 Å². The second kappa shape index (κ2) is 4.60. The number of rotatable bonds is 2. The number of aromatic nitrogens is 1. The van der Waals surface area contributed by atoms with E-state index < -0.39 is 18.3 Å². The van der Waals surface area contributed by atoms with Crippen molar-refractivity contribution in [3.63, 3.8) is 0 Å². The van der Waals surface area contributed by atoms with Gasteiger partial charge in [-0.3, -0.25) is 4.98 Å². The molecule has 0 saturated carbocycles. The second-order valence-electron chi connectivity index (χ2n) is 5.59. The Balaban J connectivity index is 2.33. The number of aliphatic hydroxyl groups excluding tert-OH is 1. The van der Waals surface area contributed by atoms with Crippen LogP contribution < -0.4 is 5.59 Å². The van der Waals surface area contributed by atoms with Gasteiger partial charge in [-0.2, -0.15) is 5.26 Å². The molecule has 1 N–H and O–H groups in total. The predicted molar refractivity (Wildman–Crippen MR) is 70.6 cm³/mol. The van der Waals surface area contributed by atoms with Crippen LogP contribution in [0.25, 0.3) is 0 Å². The first kappa shape index (κ1) is 14.0. The highest BCUT2D eigenvalue weighted by molar-refractivity contribution is 6.61. The van der Waals surface area contributed by atoms with Crippen molar-refractivity contribution < 1.29 is 14.4 Å². The summed E-state index contributed by atoms with van der Waals surface area (Å²) >= 11 is 0. The third kappa shape index (κ3) is 2.37. The molecule has 1 aliphatic heterocycles. The molecule has 1 fully saturated rings. The maximum Gasteiger partial charge on any atom is 0.514 e. The number of hydrogen-bond acceptors (Lipinski definition) is 5. The summed E-state index contributed by atoms with van der Waals surface area (Å²) in [6.45, 7) is 7.57. The van der Waals surface area contributed by atoms with Crippen molar-refractivity contribution in [1.29, 1.82) is 5.26 Å². The molecule has 0 atom stereocenters. The normalized spacial score (nSPS) is 20.3. The van der Waals surface area contributed by atoms with Gasteiger partial charge >= 0.3 is 7.12 Å². The van der Waals surface area contributed by atoms with E-state index in [0.29, 0.717) is 16.9 Å². The molecule has 5 nitrogen and oxygen atoms in total. The maximum atomic E-state index is 9.23. The van der Waals surface area contributed by atoms with Gasteiger partial charge in [0.1, 0.15) is 6.07 Å². The largest absolute Gasteiger partial charge is 0.514 e. The van der Waals surface area contributed by atoms with Gasteiger partial charge in [-0.05, 0) is 39.8 Å². The molecule has 100 valence electrons. The number of nitrogens with zero attached hydrogens (tertiary/aromatic N) is 2. The molecule has 0 aromatic carbocycles. The van der Waals surface area contributed by atoms with Crippen molar-refractivity contribution in [3.8, 4) is 6.07 Å². The molecule has 1 aliphatic rings. The van der Waals surface area contributed by atoms with Crippen LogP contribution in [0, 0.1) is 11.3 Å². The topological polar surface area (TPSA) is 75.4 Å². The van der Waals surface area contributed by atoms with Crippen LogP contribution in [0.5, 0.6) is 0 Å². The van der Waals surface area contributed by atoms with E-state index >= 15 is 0 Å². The third-order valence-corrected chi connectivity index (χ3v) is 3.76. The van der Waals surface area contributed by atoms with Gasteiger partial charge < -0.3 is 14.4 Å². The van der Waals surface area contributed by atoms with E-state index in [2.05, 4.69) is 4.98 Å². The van der Waals surface area contributed by atoms with Crippen LogP contribution in [0.15, 0.2) is 12.1 Å². The van der Waals surface area contributed by atoms with E-state index in [1.165, 1.54) is 0 Å². The first-order valence-corrected chi connectivity index (χ1v) is 6.17. The fourth-order valence-electron chi connectivity index (χ4n) is 1.84. The minimum absolute atomic E-state index is 0.282. The molecule has 1 aromatic heterocycles. The van der Waals surface area contributed by atoms with E-state index in [1.807, 2.05) is 33.8 Å². The highest BCUT2D eigenvalue weighted by atomic mass is 16.7. The molecule has 1 aromatic rings. The fourth-order valence-corrected chi connectivity index (χ4v) is 1.84. The molecule has 6 heteroatoms. The standard InChI is InChI=1S/C13H17BN2O3/c1-12(2)13(3,4)19-14(18-12)11-6-5-9(7-15)10(8-17)16-11/h5-6,17H,8H2,1-4H3. The number of nitriles is 1. The molecule has 1 saturated heterocycles. The molecule has 2 heterocycles. The minimum atomic E-state index is -0.581. The average molecular weight is 260 g/mol. The Morgan fingerprint density at radius 3 is 2.32 bits per heavy atom. The van der Waals surface area contributed by atoms with Crippen molar-refractivity contribution in [1.82, 2.24) is 4.98 Å². The maximum absolute atomic E-state index is 9.23. The molecule has 0 spiro atoms. The molecule has 0 amide bonds. The van der Waals surface area contributed by atoms with Crippen LogP contribution in [0.3, 0.4) is 0 Å². The van der Waals surface area contributed by atoms with E-state index in [0.717, 1.165) is 0 Å². The van der Waals surface area contributed by atoms with Gasteiger partial charge in [-0.25, -0.2) is 0 Å². The van der Waals surface area contributed by atoms with Crippen molar-refractivity contribution in [3.05, 3.63) is 23.4 Å². The molecule has 0 bridgehead atoms. The van der Waals surface area contributed by atoms with E-state index in [1.54, 1.807) is 12.1 Å². The lowest BCUT2D eigenvalue weighted by molar-refractivity contribution is 0.00578. The molecule has 19 heavy (non-hydrogen) atoms. The highest BCUT2D eigenvalue weighted by Gasteiger charge is 2.52. The van der Waals surface area contributed by atoms with Gasteiger partial charge in [-0.1, -0.05) is 0 Å². The molecular formula is C13H17BN2O3. The van der Waals surface area contributed by atoms with Crippen LogP contribution in [0.1, 0.15) is 39.0 Å². The Bertz CT molecular complexity index is 521.